The predicted octanol–water partition coefficient (Wildman–Crippen LogP) is 1.68. The molecule has 28 heavy (non-hydrogen) atoms. The van der Waals surface area contributed by atoms with E-state index >= 15 is 0 Å². The SMILES string of the molecule is COCCOc1ccc(-n2nc(C)c(C(=O)N3CCCCC3C(=O)O)n2)cc1. The number of benzene rings is 1. The highest BCUT2D eigenvalue weighted by atomic mass is 16.5. The molecule has 9 nitrogen and oxygen atoms in total. The van der Waals surface area contributed by atoms with E-state index in [1.807, 2.05) is 0 Å². The molecular weight excluding hydrogens is 364 g/mol. The lowest BCUT2D eigenvalue weighted by Gasteiger charge is -2.32. The molecule has 9 heteroatoms. The molecule has 1 amide bonds. The minimum atomic E-state index is -0.984. The number of nitrogens with zero attached hydrogens (tertiary/aromatic N) is 4. The number of aryl methyl sites for hydroxylation is 1. The van der Waals surface area contributed by atoms with Crippen molar-refractivity contribution in [2.45, 2.75) is 32.2 Å². The minimum Gasteiger partial charge on any atom is -0.491 e. The zero-order valence-electron chi connectivity index (χ0n) is 16.0. The van der Waals surface area contributed by atoms with Crippen molar-refractivity contribution in [3.63, 3.8) is 0 Å². The summed E-state index contributed by atoms with van der Waals surface area (Å²) in [5, 5.41) is 18.0. The molecule has 1 aliphatic heterocycles. The molecule has 3 rings (SSSR count). The van der Waals surface area contributed by atoms with Gasteiger partial charge in [0, 0.05) is 13.7 Å². The number of ether oxygens (including phenoxy) is 2. The van der Waals surface area contributed by atoms with Crippen molar-refractivity contribution in [3.05, 3.63) is 35.7 Å². The highest BCUT2D eigenvalue weighted by Gasteiger charge is 2.34. The Hall–Kier alpha value is -2.94. The van der Waals surface area contributed by atoms with Crippen LogP contribution in [0.25, 0.3) is 5.69 Å². The summed E-state index contributed by atoms with van der Waals surface area (Å²) in [5.74, 6) is -0.684. The number of aliphatic carboxylic acids is 1. The summed E-state index contributed by atoms with van der Waals surface area (Å²) in [6.07, 6.45) is 2.04. The Labute approximate surface area is 162 Å². The molecule has 2 aromatic rings. The number of aromatic nitrogens is 3. The lowest BCUT2D eigenvalue weighted by molar-refractivity contribution is -0.143. The summed E-state index contributed by atoms with van der Waals surface area (Å²) in [6, 6.07) is 6.34. The molecule has 1 fully saturated rings. The second-order valence-electron chi connectivity index (χ2n) is 6.61. The largest absolute Gasteiger partial charge is 0.491 e. The molecule has 1 unspecified atom stereocenters. The van der Waals surface area contributed by atoms with Crippen LogP contribution in [0.1, 0.15) is 35.4 Å². The third-order valence-corrected chi connectivity index (χ3v) is 4.66. The fraction of sp³-hybridized carbons (Fsp3) is 0.474. The Morgan fingerprint density at radius 1 is 1.18 bits per heavy atom. The molecule has 1 N–H and O–H groups in total. The maximum Gasteiger partial charge on any atom is 0.326 e. The number of carbonyl (C=O) groups excluding carboxylic acids is 1. The lowest BCUT2D eigenvalue weighted by Crippen LogP contribution is -2.48. The van der Waals surface area contributed by atoms with Crippen LogP contribution in [0.4, 0.5) is 0 Å². The van der Waals surface area contributed by atoms with Gasteiger partial charge in [-0.15, -0.1) is 5.10 Å². The van der Waals surface area contributed by atoms with Crippen LogP contribution < -0.4 is 4.74 Å². The molecule has 0 radical (unpaired) electrons. The van der Waals surface area contributed by atoms with Gasteiger partial charge in [0.1, 0.15) is 18.4 Å². The van der Waals surface area contributed by atoms with Gasteiger partial charge in [0.2, 0.25) is 0 Å². The van der Waals surface area contributed by atoms with E-state index < -0.39 is 17.9 Å². The first-order chi connectivity index (χ1) is 13.5. The van der Waals surface area contributed by atoms with Crippen molar-refractivity contribution < 1.29 is 24.2 Å². The average molecular weight is 388 g/mol. The molecule has 1 atom stereocenters. The summed E-state index contributed by atoms with van der Waals surface area (Å²) in [6.45, 7) is 3.06. The molecule has 0 bridgehead atoms. The van der Waals surface area contributed by atoms with Crippen molar-refractivity contribution in [2.24, 2.45) is 0 Å². The first-order valence-corrected chi connectivity index (χ1v) is 9.21. The second-order valence-corrected chi connectivity index (χ2v) is 6.61. The van der Waals surface area contributed by atoms with Crippen molar-refractivity contribution in [2.75, 3.05) is 26.9 Å². The van der Waals surface area contributed by atoms with Gasteiger partial charge >= 0.3 is 5.97 Å². The molecule has 2 heterocycles. The summed E-state index contributed by atoms with van der Waals surface area (Å²) in [7, 11) is 1.61. The first-order valence-electron chi connectivity index (χ1n) is 9.21. The fourth-order valence-electron chi connectivity index (χ4n) is 3.18. The van der Waals surface area contributed by atoms with Crippen LogP contribution in [0.5, 0.6) is 5.75 Å². The number of piperidine rings is 1. The van der Waals surface area contributed by atoms with Gasteiger partial charge in [-0.25, -0.2) is 4.79 Å². The number of carbonyl (C=O) groups is 2. The molecule has 1 aliphatic rings. The van der Waals surface area contributed by atoms with Gasteiger partial charge in [0.15, 0.2) is 5.69 Å². The predicted molar refractivity (Wildman–Crippen MR) is 99.8 cm³/mol. The number of carboxylic acid groups (broad SMARTS) is 1. The maximum atomic E-state index is 12.9. The average Bonchev–Trinajstić information content (AvgIpc) is 3.09. The summed E-state index contributed by atoms with van der Waals surface area (Å²) in [5.41, 5.74) is 1.31. The lowest BCUT2D eigenvalue weighted by atomic mass is 10.0. The number of methoxy groups -OCH3 is 1. The minimum absolute atomic E-state index is 0.175. The molecule has 0 spiro atoms. The van der Waals surface area contributed by atoms with E-state index in [0.717, 1.165) is 12.8 Å². The van der Waals surface area contributed by atoms with Crippen LogP contribution in [0, 0.1) is 6.92 Å². The van der Waals surface area contributed by atoms with Gasteiger partial charge in [-0.2, -0.15) is 9.90 Å². The van der Waals surface area contributed by atoms with Gasteiger partial charge < -0.3 is 19.5 Å². The van der Waals surface area contributed by atoms with E-state index in [1.165, 1.54) is 9.70 Å². The Kier molecular flexibility index (Phi) is 6.25. The van der Waals surface area contributed by atoms with Gasteiger partial charge in [-0.3, -0.25) is 4.79 Å². The van der Waals surface area contributed by atoms with Crippen molar-refractivity contribution in [3.8, 4) is 11.4 Å². The Morgan fingerprint density at radius 3 is 2.61 bits per heavy atom. The Morgan fingerprint density at radius 2 is 1.93 bits per heavy atom. The smallest absolute Gasteiger partial charge is 0.326 e. The monoisotopic (exact) mass is 388 g/mol. The van der Waals surface area contributed by atoms with Crippen molar-refractivity contribution in [1.82, 2.24) is 19.9 Å². The first kappa shape index (κ1) is 19.8. The van der Waals surface area contributed by atoms with Gasteiger partial charge in [-0.1, -0.05) is 0 Å². The van der Waals surface area contributed by atoms with Crippen LogP contribution in [0.15, 0.2) is 24.3 Å². The van der Waals surface area contributed by atoms with Crippen LogP contribution in [0.2, 0.25) is 0 Å². The van der Waals surface area contributed by atoms with E-state index in [0.29, 0.717) is 43.3 Å². The highest BCUT2D eigenvalue weighted by Crippen LogP contribution is 2.21. The normalized spacial score (nSPS) is 16.8. The maximum absolute atomic E-state index is 12.9. The molecule has 1 saturated heterocycles. The Balaban J connectivity index is 1.77. The van der Waals surface area contributed by atoms with E-state index in [-0.39, 0.29) is 5.69 Å². The third-order valence-electron chi connectivity index (χ3n) is 4.66. The number of likely N-dealkylation sites (tertiary alicyclic amines) is 1. The number of carboxylic acids is 1. The van der Waals surface area contributed by atoms with E-state index in [2.05, 4.69) is 10.2 Å². The third kappa shape index (κ3) is 4.30. The molecule has 1 aromatic heterocycles. The van der Waals surface area contributed by atoms with Crippen LogP contribution in [-0.4, -0.2) is 69.8 Å². The van der Waals surface area contributed by atoms with Crippen LogP contribution in [0.3, 0.4) is 0 Å². The number of hydrogen-bond acceptors (Lipinski definition) is 6. The summed E-state index contributed by atoms with van der Waals surface area (Å²) < 4.78 is 10.5. The standard InChI is InChI=1S/C19H24N4O5/c1-13-17(18(24)22-10-4-3-5-16(22)19(25)26)21-23(20-13)14-6-8-15(9-7-14)28-12-11-27-2/h6-9,16H,3-5,10-12H2,1-2H3,(H,25,26). The van der Waals surface area contributed by atoms with Gasteiger partial charge in [-0.05, 0) is 50.5 Å². The van der Waals surface area contributed by atoms with E-state index in [4.69, 9.17) is 9.47 Å². The summed E-state index contributed by atoms with van der Waals surface area (Å²) in [4.78, 5) is 27.1. The zero-order chi connectivity index (χ0) is 20.1. The van der Waals surface area contributed by atoms with Crippen LogP contribution in [-0.2, 0) is 9.53 Å². The van der Waals surface area contributed by atoms with E-state index in [1.54, 1.807) is 38.3 Å². The zero-order valence-corrected chi connectivity index (χ0v) is 16.0. The Bertz CT molecular complexity index is 833. The highest BCUT2D eigenvalue weighted by molar-refractivity contribution is 5.95. The van der Waals surface area contributed by atoms with Gasteiger partial charge in [0.05, 0.1) is 18.0 Å². The van der Waals surface area contributed by atoms with Crippen LogP contribution >= 0.6 is 0 Å². The van der Waals surface area contributed by atoms with Gasteiger partial charge in [0.25, 0.3) is 5.91 Å². The number of rotatable bonds is 7. The fourth-order valence-corrected chi connectivity index (χ4v) is 3.18. The van der Waals surface area contributed by atoms with E-state index in [9.17, 15) is 14.7 Å². The number of hydrogen-bond donors (Lipinski definition) is 1. The second kappa shape index (κ2) is 8.83. The molecule has 1 aromatic carbocycles. The number of amides is 1. The molecule has 150 valence electrons. The topological polar surface area (TPSA) is 107 Å². The molecule has 0 saturated carbocycles. The summed E-state index contributed by atoms with van der Waals surface area (Å²) >= 11 is 0. The molecular formula is C19H24N4O5. The quantitative estimate of drug-likeness (QED) is 0.719. The molecule has 0 aliphatic carbocycles. The van der Waals surface area contributed by atoms with Crippen molar-refractivity contribution >= 4 is 11.9 Å². The van der Waals surface area contributed by atoms with Crippen molar-refractivity contribution in [1.29, 1.82) is 0 Å².